The quantitative estimate of drug-likeness (QED) is 0.780. The van der Waals surface area contributed by atoms with Gasteiger partial charge in [-0.05, 0) is 32.4 Å². The summed E-state index contributed by atoms with van der Waals surface area (Å²) >= 11 is 5.85. The lowest BCUT2D eigenvalue weighted by Crippen LogP contribution is -2.41. The van der Waals surface area contributed by atoms with E-state index in [0.717, 1.165) is 13.0 Å². The van der Waals surface area contributed by atoms with Crippen LogP contribution in [0.25, 0.3) is 0 Å². The SMILES string of the molecule is CC1OCCC1(C)Nc1nc(Cl)ccc1N. The average Bonchev–Trinajstić information content (AvgIpc) is 2.53. The number of hydrogen-bond donors (Lipinski definition) is 2. The number of ether oxygens (including phenoxy) is 1. The molecule has 1 aromatic rings. The van der Waals surface area contributed by atoms with Crippen LogP contribution in [0.4, 0.5) is 11.5 Å². The van der Waals surface area contributed by atoms with Gasteiger partial charge in [-0.25, -0.2) is 4.98 Å². The number of rotatable bonds is 2. The molecule has 16 heavy (non-hydrogen) atoms. The van der Waals surface area contributed by atoms with Gasteiger partial charge in [0.05, 0.1) is 17.3 Å². The number of pyridine rings is 1. The number of nitrogen functional groups attached to an aromatic ring is 1. The molecule has 4 nitrogen and oxygen atoms in total. The molecule has 0 spiro atoms. The third-order valence-corrected chi connectivity index (χ3v) is 3.39. The zero-order valence-corrected chi connectivity index (χ0v) is 10.2. The van der Waals surface area contributed by atoms with E-state index in [1.165, 1.54) is 0 Å². The topological polar surface area (TPSA) is 60.2 Å². The van der Waals surface area contributed by atoms with Gasteiger partial charge in [0.1, 0.15) is 5.15 Å². The van der Waals surface area contributed by atoms with Crippen LogP contribution in [0, 0.1) is 0 Å². The molecule has 1 saturated heterocycles. The second kappa shape index (κ2) is 4.11. The van der Waals surface area contributed by atoms with Gasteiger partial charge in [0.15, 0.2) is 5.82 Å². The highest BCUT2D eigenvalue weighted by atomic mass is 35.5. The molecule has 2 heterocycles. The first-order chi connectivity index (χ1) is 7.51. The van der Waals surface area contributed by atoms with E-state index >= 15 is 0 Å². The molecular weight excluding hydrogens is 226 g/mol. The monoisotopic (exact) mass is 241 g/mol. The highest BCUT2D eigenvalue weighted by Crippen LogP contribution is 2.31. The van der Waals surface area contributed by atoms with Crippen LogP contribution >= 0.6 is 11.6 Å². The van der Waals surface area contributed by atoms with Crippen molar-refractivity contribution in [1.29, 1.82) is 0 Å². The molecule has 2 rings (SSSR count). The predicted molar refractivity (Wildman–Crippen MR) is 65.7 cm³/mol. The Morgan fingerprint density at radius 1 is 1.62 bits per heavy atom. The number of aromatic nitrogens is 1. The molecule has 0 saturated carbocycles. The molecule has 88 valence electrons. The van der Waals surface area contributed by atoms with Crippen molar-refractivity contribution in [3.63, 3.8) is 0 Å². The Morgan fingerprint density at radius 3 is 3.00 bits per heavy atom. The number of nitrogens with one attached hydrogen (secondary N) is 1. The number of nitrogens with two attached hydrogens (primary N) is 1. The summed E-state index contributed by atoms with van der Waals surface area (Å²) in [4.78, 5) is 4.19. The fourth-order valence-corrected chi connectivity index (χ4v) is 1.96. The first-order valence-electron chi connectivity index (χ1n) is 5.33. The predicted octanol–water partition coefficient (Wildman–Crippen LogP) is 2.30. The smallest absolute Gasteiger partial charge is 0.151 e. The first kappa shape index (κ1) is 11.5. The Kier molecular flexibility index (Phi) is 2.95. The molecule has 1 fully saturated rings. The number of anilines is 2. The van der Waals surface area contributed by atoms with Crippen LogP contribution in [0.2, 0.25) is 5.15 Å². The van der Waals surface area contributed by atoms with Gasteiger partial charge in [-0.2, -0.15) is 0 Å². The van der Waals surface area contributed by atoms with E-state index in [9.17, 15) is 0 Å². The van der Waals surface area contributed by atoms with E-state index < -0.39 is 0 Å². The molecule has 0 amide bonds. The van der Waals surface area contributed by atoms with Crippen molar-refractivity contribution >= 4 is 23.1 Å². The van der Waals surface area contributed by atoms with Crippen molar-refractivity contribution in [2.24, 2.45) is 0 Å². The van der Waals surface area contributed by atoms with Crippen LogP contribution in [-0.4, -0.2) is 23.2 Å². The minimum absolute atomic E-state index is 0.132. The average molecular weight is 242 g/mol. The van der Waals surface area contributed by atoms with E-state index in [4.69, 9.17) is 22.1 Å². The minimum atomic E-state index is -0.133. The lowest BCUT2D eigenvalue weighted by Gasteiger charge is -2.30. The van der Waals surface area contributed by atoms with Gasteiger partial charge in [0.25, 0.3) is 0 Å². The number of nitrogens with zero attached hydrogens (tertiary/aromatic N) is 1. The third kappa shape index (κ3) is 2.08. The normalized spacial score (nSPS) is 29.3. The van der Waals surface area contributed by atoms with Crippen LogP contribution in [0.15, 0.2) is 12.1 Å². The zero-order chi connectivity index (χ0) is 11.8. The van der Waals surface area contributed by atoms with E-state index in [0.29, 0.717) is 16.7 Å². The fraction of sp³-hybridized carbons (Fsp3) is 0.545. The second-order valence-corrected chi connectivity index (χ2v) is 4.76. The molecule has 5 heteroatoms. The van der Waals surface area contributed by atoms with Gasteiger partial charge in [0, 0.05) is 6.61 Å². The van der Waals surface area contributed by atoms with E-state index in [-0.39, 0.29) is 11.6 Å². The zero-order valence-electron chi connectivity index (χ0n) is 9.46. The molecule has 0 bridgehead atoms. The van der Waals surface area contributed by atoms with Crippen molar-refractivity contribution < 1.29 is 4.74 Å². The Balaban J connectivity index is 2.23. The summed E-state index contributed by atoms with van der Waals surface area (Å²) in [6, 6.07) is 3.43. The van der Waals surface area contributed by atoms with Crippen LogP contribution in [0.1, 0.15) is 20.3 Å². The second-order valence-electron chi connectivity index (χ2n) is 4.38. The largest absolute Gasteiger partial charge is 0.396 e. The summed E-state index contributed by atoms with van der Waals surface area (Å²) < 4.78 is 5.55. The Morgan fingerprint density at radius 2 is 2.38 bits per heavy atom. The molecule has 0 aromatic carbocycles. The van der Waals surface area contributed by atoms with E-state index in [1.807, 2.05) is 6.92 Å². The van der Waals surface area contributed by atoms with Crippen LogP contribution in [0.5, 0.6) is 0 Å². The van der Waals surface area contributed by atoms with Crippen LogP contribution < -0.4 is 11.1 Å². The maximum absolute atomic E-state index is 5.85. The van der Waals surface area contributed by atoms with Crippen molar-refractivity contribution in [2.75, 3.05) is 17.7 Å². The van der Waals surface area contributed by atoms with E-state index in [1.54, 1.807) is 12.1 Å². The molecule has 3 N–H and O–H groups in total. The van der Waals surface area contributed by atoms with Gasteiger partial charge in [-0.3, -0.25) is 0 Å². The standard InChI is InChI=1S/C11H16ClN3O/c1-7-11(2,5-6-16-7)15-10-8(13)3-4-9(12)14-10/h3-4,7H,5-6,13H2,1-2H3,(H,14,15). The molecule has 0 aliphatic carbocycles. The number of hydrogen-bond acceptors (Lipinski definition) is 4. The van der Waals surface area contributed by atoms with Crippen molar-refractivity contribution in [2.45, 2.75) is 31.9 Å². The Labute approximate surface area is 100 Å². The molecule has 2 atom stereocenters. The summed E-state index contributed by atoms with van der Waals surface area (Å²) in [6.07, 6.45) is 1.06. The summed E-state index contributed by atoms with van der Waals surface area (Å²) in [7, 11) is 0. The fourth-order valence-electron chi connectivity index (χ4n) is 1.82. The van der Waals surface area contributed by atoms with Crippen LogP contribution in [0.3, 0.4) is 0 Å². The molecule has 1 aromatic heterocycles. The lowest BCUT2D eigenvalue weighted by molar-refractivity contribution is 0.105. The molecule has 1 aliphatic rings. The summed E-state index contributed by atoms with van der Waals surface area (Å²) in [5, 5.41) is 3.77. The van der Waals surface area contributed by atoms with Crippen molar-refractivity contribution in [3.8, 4) is 0 Å². The maximum atomic E-state index is 5.85. The Bertz CT molecular complexity index is 399. The summed E-state index contributed by atoms with van der Waals surface area (Å²) in [6.45, 7) is 4.90. The first-order valence-corrected chi connectivity index (χ1v) is 5.71. The highest BCUT2D eigenvalue weighted by molar-refractivity contribution is 6.29. The van der Waals surface area contributed by atoms with Gasteiger partial charge < -0.3 is 15.8 Å². The summed E-state index contributed by atoms with van der Waals surface area (Å²) in [5.41, 5.74) is 6.32. The highest BCUT2D eigenvalue weighted by Gasteiger charge is 2.37. The van der Waals surface area contributed by atoms with Gasteiger partial charge in [-0.1, -0.05) is 11.6 Å². The van der Waals surface area contributed by atoms with Crippen molar-refractivity contribution in [1.82, 2.24) is 4.98 Å². The number of halogens is 1. The molecule has 2 unspecified atom stereocenters. The Hall–Kier alpha value is -1.00. The van der Waals surface area contributed by atoms with Gasteiger partial charge >= 0.3 is 0 Å². The summed E-state index contributed by atoms with van der Waals surface area (Å²) in [5.74, 6) is 0.632. The maximum Gasteiger partial charge on any atom is 0.151 e. The van der Waals surface area contributed by atoms with E-state index in [2.05, 4.69) is 17.2 Å². The van der Waals surface area contributed by atoms with Crippen LogP contribution in [-0.2, 0) is 4.74 Å². The van der Waals surface area contributed by atoms with Crippen molar-refractivity contribution in [3.05, 3.63) is 17.3 Å². The minimum Gasteiger partial charge on any atom is -0.396 e. The molecule has 1 aliphatic heterocycles. The molecule has 0 radical (unpaired) electrons. The molecular formula is C11H16ClN3O. The van der Waals surface area contributed by atoms with Gasteiger partial charge in [-0.15, -0.1) is 0 Å². The lowest BCUT2D eigenvalue weighted by atomic mass is 9.94. The third-order valence-electron chi connectivity index (χ3n) is 3.18. The van der Waals surface area contributed by atoms with Gasteiger partial charge in [0.2, 0.25) is 0 Å².